The molecule has 11 heteroatoms. The lowest BCUT2D eigenvalue weighted by Crippen LogP contribution is -2.07. The number of aryl methyl sites for hydroxylation is 1. The molecule has 0 unspecified atom stereocenters. The Hall–Kier alpha value is -4.09. The summed E-state index contributed by atoms with van der Waals surface area (Å²) in [6.45, 7) is 1.86. The molecule has 7 nitrogen and oxygen atoms in total. The Balaban J connectivity index is 0.000000251. The van der Waals surface area contributed by atoms with Gasteiger partial charge in [-0.3, -0.25) is 4.55 Å². The molecule has 0 amide bonds. The monoisotopic (exact) mass is 514 g/mol. The van der Waals surface area contributed by atoms with Crippen molar-refractivity contribution in [3.8, 4) is 16.9 Å². The normalized spacial score (nSPS) is 11.8. The highest BCUT2D eigenvalue weighted by atomic mass is 32.2. The number of halogens is 3. The van der Waals surface area contributed by atoms with E-state index in [0.717, 1.165) is 39.8 Å². The van der Waals surface area contributed by atoms with Crippen LogP contribution in [0.3, 0.4) is 0 Å². The van der Waals surface area contributed by atoms with Crippen LogP contribution in [0.5, 0.6) is 0 Å². The number of aromatic amines is 1. The first-order chi connectivity index (χ1) is 16.9. The van der Waals surface area contributed by atoms with Gasteiger partial charge in [-0.2, -0.15) is 26.7 Å². The van der Waals surface area contributed by atoms with Crippen LogP contribution in [0.4, 0.5) is 19.0 Å². The highest BCUT2D eigenvalue weighted by Crippen LogP contribution is 2.33. The van der Waals surface area contributed by atoms with Crippen LogP contribution in [0.25, 0.3) is 27.8 Å². The molecule has 0 atom stereocenters. The van der Waals surface area contributed by atoms with Gasteiger partial charge in [0.2, 0.25) is 0 Å². The SMILES string of the molecule is Cc1ccc(-c2cc(C(F)(F)F)nn2-c2ccc(S(=O)(=O)O)cc2)cc1.Nc1cc2ccccc2[nH]1. The summed E-state index contributed by atoms with van der Waals surface area (Å²) in [6, 6.07) is 22.5. The lowest BCUT2D eigenvalue weighted by molar-refractivity contribution is -0.141. The van der Waals surface area contributed by atoms with Crippen molar-refractivity contribution in [2.75, 3.05) is 5.73 Å². The molecule has 5 aromatic rings. The van der Waals surface area contributed by atoms with Gasteiger partial charge in [0, 0.05) is 16.5 Å². The summed E-state index contributed by atoms with van der Waals surface area (Å²) in [7, 11) is -4.40. The molecule has 0 fully saturated rings. The first-order valence-electron chi connectivity index (χ1n) is 10.6. The van der Waals surface area contributed by atoms with E-state index in [4.69, 9.17) is 10.3 Å². The van der Waals surface area contributed by atoms with E-state index in [0.29, 0.717) is 5.56 Å². The maximum absolute atomic E-state index is 13.1. The number of alkyl halides is 3. The summed E-state index contributed by atoms with van der Waals surface area (Å²) < 4.78 is 71.7. The lowest BCUT2D eigenvalue weighted by atomic mass is 10.1. The molecule has 0 spiro atoms. The van der Waals surface area contributed by atoms with E-state index in [1.807, 2.05) is 37.3 Å². The van der Waals surface area contributed by atoms with Gasteiger partial charge in [0.05, 0.1) is 16.3 Å². The number of nitrogens with two attached hydrogens (primary N) is 1. The van der Waals surface area contributed by atoms with Crippen molar-refractivity contribution in [1.29, 1.82) is 0 Å². The second-order valence-corrected chi connectivity index (χ2v) is 9.39. The molecule has 3 aromatic carbocycles. The highest BCUT2D eigenvalue weighted by Gasteiger charge is 2.35. The number of aromatic nitrogens is 3. The number of rotatable bonds is 3. The molecule has 0 saturated heterocycles. The largest absolute Gasteiger partial charge is 0.435 e. The fourth-order valence-electron chi connectivity index (χ4n) is 3.50. The van der Waals surface area contributed by atoms with Gasteiger partial charge in [-0.1, -0.05) is 48.0 Å². The molecule has 0 aliphatic rings. The predicted molar refractivity (Wildman–Crippen MR) is 131 cm³/mol. The third-order valence-electron chi connectivity index (χ3n) is 5.28. The van der Waals surface area contributed by atoms with Crippen LogP contribution in [0.2, 0.25) is 0 Å². The first-order valence-corrected chi connectivity index (χ1v) is 12.0. The molecule has 2 aromatic heterocycles. The second kappa shape index (κ2) is 9.51. The molecule has 0 saturated carbocycles. The predicted octanol–water partition coefficient (Wildman–Crippen LogP) is 5.86. The number of hydrogen-bond acceptors (Lipinski definition) is 4. The molecule has 0 aliphatic heterocycles. The second-order valence-electron chi connectivity index (χ2n) is 7.97. The molecule has 36 heavy (non-hydrogen) atoms. The smallest absolute Gasteiger partial charge is 0.385 e. The third kappa shape index (κ3) is 5.58. The minimum absolute atomic E-state index is 0.205. The molecule has 2 heterocycles. The van der Waals surface area contributed by atoms with Gasteiger partial charge in [0.15, 0.2) is 5.69 Å². The summed E-state index contributed by atoms with van der Waals surface area (Å²) in [5.74, 6) is 0.723. The summed E-state index contributed by atoms with van der Waals surface area (Å²) in [6.07, 6.45) is -4.63. The van der Waals surface area contributed by atoms with Crippen LogP contribution >= 0.6 is 0 Å². The van der Waals surface area contributed by atoms with Crippen molar-refractivity contribution >= 4 is 26.8 Å². The average Bonchev–Trinajstić information content (AvgIpc) is 3.43. The Morgan fingerprint density at radius 2 is 1.58 bits per heavy atom. The van der Waals surface area contributed by atoms with E-state index in [9.17, 15) is 21.6 Å². The zero-order valence-corrected chi connectivity index (χ0v) is 19.7. The number of H-pyrrole nitrogens is 1. The van der Waals surface area contributed by atoms with Crippen molar-refractivity contribution < 1.29 is 26.1 Å². The zero-order chi connectivity index (χ0) is 26.1. The van der Waals surface area contributed by atoms with Crippen LogP contribution in [0.1, 0.15) is 11.3 Å². The molecule has 5 rings (SSSR count). The van der Waals surface area contributed by atoms with Gasteiger partial charge < -0.3 is 10.7 Å². The number of nitrogens with zero attached hydrogens (tertiary/aromatic N) is 2. The van der Waals surface area contributed by atoms with E-state index < -0.39 is 22.0 Å². The fourth-order valence-corrected chi connectivity index (χ4v) is 3.98. The van der Waals surface area contributed by atoms with Gasteiger partial charge in [-0.05, 0) is 49.4 Å². The van der Waals surface area contributed by atoms with Crippen LogP contribution in [-0.2, 0) is 16.3 Å². The quantitative estimate of drug-likeness (QED) is 0.261. The van der Waals surface area contributed by atoms with Crippen molar-refractivity contribution in [3.05, 3.63) is 96.2 Å². The number of hydrogen-bond donors (Lipinski definition) is 3. The number of nitrogens with one attached hydrogen (secondary N) is 1. The number of anilines is 1. The summed E-state index contributed by atoms with van der Waals surface area (Å²) >= 11 is 0. The van der Waals surface area contributed by atoms with Crippen LogP contribution in [0.15, 0.2) is 89.8 Å². The van der Waals surface area contributed by atoms with Gasteiger partial charge in [0.25, 0.3) is 10.1 Å². The molecule has 0 bridgehead atoms. The molecule has 4 N–H and O–H groups in total. The maximum Gasteiger partial charge on any atom is 0.435 e. The van der Waals surface area contributed by atoms with Crippen LogP contribution in [0, 0.1) is 6.92 Å². The summed E-state index contributed by atoms with van der Waals surface area (Å²) in [4.78, 5) is 2.68. The topological polar surface area (TPSA) is 114 Å². The Labute approximate surface area is 204 Å². The molecular weight excluding hydrogens is 493 g/mol. The fraction of sp³-hybridized carbons (Fsp3) is 0.0800. The van der Waals surface area contributed by atoms with Crippen LogP contribution in [-0.4, -0.2) is 27.7 Å². The van der Waals surface area contributed by atoms with Gasteiger partial charge >= 0.3 is 6.18 Å². The minimum Gasteiger partial charge on any atom is -0.385 e. The maximum atomic E-state index is 13.1. The number of fused-ring (bicyclic) bond motifs is 1. The first kappa shape index (κ1) is 25.0. The minimum atomic E-state index is -4.63. The lowest BCUT2D eigenvalue weighted by Gasteiger charge is -2.08. The van der Waals surface area contributed by atoms with E-state index in [1.165, 1.54) is 17.5 Å². The standard InChI is InChI=1S/C17H13F3N2O3S.C8H8N2/c1-11-2-4-12(5-3-11)15-10-16(17(18,19)20)21-22(15)13-6-8-14(9-7-13)26(23,24)25;9-8-5-6-3-1-2-4-7(6)10-8/h2-10H,1H3,(H,23,24,25);1-5,10H,9H2. The highest BCUT2D eigenvalue weighted by molar-refractivity contribution is 7.85. The van der Waals surface area contributed by atoms with Crippen LogP contribution < -0.4 is 5.73 Å². The molecule has 0 aliphatic carbocycles. The van der Waals surface area contributed by atoms with Gasteiger partial charge in [-0.25, -0.2) is 4.68 Å². The Bertz CT molecular complexity index is 1570. The van der Waals surface area contributed by atoms with E-state index in [-0.39, 0.29) is 16.3 Å². The number of para-hydroxylation sites is 1. The van der Waals surface area contributed by atoms with E-state index >= 15 is 0 Å². The molecular formula is C25H21F3N4O3S. The Kier molecular flexibility index (Phi) is 6.61. The van der Waals surface area contributed by atoms with E-state index in [2.05, 4.69) is 10.1 Å². The van der Waals surface area contributed by atoms with E-state index in [1.54, 1.807) is 24.3 Å². The Morgan fingerprint density at radius 3 is 2.17 bits per heavy atom. The third-order valence-corrected chi connectivity index (χ3v) is 6.14. The van der Waals surface area contributed by atoms with Crippen molar-refractivity contribution in [1.82, 2.24) is 14.8 Å². The van der Waals surface area contributed by atoms with Crippen molar-refractivity contribution in [2.24, 2.45) is 0 Å². The van der Waals surface area contributed by atoms with Gasteiger partial charge in [-0.15, -0.1) is 0 Å². The number of benzene rings is 3. The van der Waals surface area contributed by atoms with Crippen molar-refractivity contribution in [3.63, 3.8) is 0 Å². The molecule has 0 radical (unpaired) electrons. The summed E-state index contributed by atoms with van der Waals surface area (Å²) in [5.41, 5.74) is 7.48. The van der Waals surface area contributed by atoms with Gasteiger partial charge in [0.1, 0.15) is 5.82 Å². The number of nitrogen functional groups attached to an aromatic ring is 1. The summed E-state index contributed by atoms with van der Waals surface area (Å²) in [5, 5.41) is 4.79. The average molecular weight is 515 g/mol. The zero-order valence-electron chi connectivity index (χ0n) is 18.9. The van der Waals surface area contributed by atoms with Crippen molar-refractivity contribution in [2.45, 2.75) is 18.0 Å². The molecule has 186 valence electrons. The Morgan fingerprint density at radius 1 is 0.944 bits per heavy atom.